The molecule has 0 saturated heterocycles. The molecule has 80 valence electrons. The Morgan fingerprint density at radius 1 is 1.00 bits per heavy atom. The molecule has 0 aromatic carbocycles. The van der Waals surface area contributed by atoms with Crippen molar-refractivity contribution in [2.24, 2.45) is 0 Å². The molecule has 0 saturated carbocycles. The van der Waals surface area contributed by atoms with Gasteiger partial charge < -0.3 is 4.90 Å². The highest BCUT2D eigenvalue weighted by Gasteiger charge is 2.28. The van der Waals surface area contributed by atoms with Gasteiger partial charge in [0.2, 0.25) is 5.43 Å². The summed E-state index contributed by atoms with van der Waals surface area (Å²) in [6, 6.07) is 6.62. The summed E-state index contributed by atoms with van der Waals surface area (Å²) < 4.78 is 0. The molecule has 0 radical (unpaired) electrons. The van der Waals surface area contributed by atoms with Crippen molar-refractivity contribution in [2.45, 2.75) is 39.8 Å². The third-order valence-corrected chi connectivity index (χ3v) is 2.90. The predicted molar refractivity (Wildman–Crippen MR) is 64.5 cm³/mol. The van der Waals surface area contributed by atoms with Crippen molar-refractivity contribution in [1.29, 1.82) is 0 Å². The van der Waals surface area contributed by atoms with Crippen LogP contribution in [0.4, 0.5) is 5.69 Å². The molecule has 2 heteroatoms. The lowest BCUT2D eigenvalue weighted by Gasteiger charge is -2.35. The van der Waals surface area contributed by atoms with Crippen LogP contribution in [-0.2, 0) is 0 Å². The Kier molecular flexibility index (Phi) is 2.29. The van der Waals surface area contributed by atoms with Crippen LogP contribution in [0.3, 0.4) is 0 Å². The summed E-state index contributed by atoms with van der Waals surface area (Å²) in [4.78, 5) is 14.1. The van der Waals surface area contributed by atoms with Gasteiger partial charge in [0, 0.05) is 23.2 Å². The van der Waals surface area contributed by atoms with Crippen molar-refractivity contribution in [3.05, 3.63) is 28.4 Å². The molecule has 0 heterocycles. The lowest BCUT2D eigenvalue weighted by molar-refractivity contribution is 0.605. The average molecular weight is 203 g/mol. The van der Waals surface area contributed by atoms with Gasteiger partial charge in [-0.2, -0.15) is 0 Å². The van der Waals surface area contributed by atoms with E-state index in [-0.39, 0.29) is 5.43 Å². The maximum atomic E-state index is 11.9. The van der Waals surface area contributed by atoms with E-state index in [1.807, 2.05) is 18.2 Å². The van der Waals surface area contributed by atoms with E-state index in [1.165, 1.54) is 0 Å². The van der Waals surface area contributed by atoms with Crippen LogP contribution in [0.5, 0.6) is 0 Å². The Bertz CT molecular complexity index is 441. The van der Waals surface area contributed by atoms with E-state index in [2.05, 4.69) is 32.6 Å². The Hall–Kier alpha value is -1.31. The summed E-state index contributed by atoms with van der Waals surface area (Å²) in [6.07, 6.45) is 0. The van der Waals surface area contributed by atoms with Crippen LogP contribution < -0.4 is 10.3 Å². The van der Waals surface area contributed by atoms with Crippen molar-refractivity contribution >= 4 is 5.69 Å². The fraction of sp³-hybridized carbons (Fsp3) is 0.462. The Morgan fingerprint density at radius 2 is 1.53 bits per heavy atom. The smallest absolute Gasteiger partial charge is 0.210 e. The second kappa shape index (κ2) is 3.37. The summed E-state index contributed by atoms with van der Waals surface area (Å²) in [5.41, 5.74) is 3.12. The van der Waals surface area contributed by atoms with Gasteiger partial charge in [-0.15, -0.1) is 0 Å². The monoisotopic (exact) mass is 203 g/mol. The fourth-order valence-electron chi connectivity index (χ4n) is 2.38. The number of nitrogens with zero attached hydrogens (tertiary/aromatic N) is 1. The van der Waals surface area contributed by atoms with Crippen LogP contribution in [0.15, 0.2) is 23.0 Å². The highest BCUT2D eigenvalue weighted by molar-refractivity contribution is 5.89. The minimum absolute atomic E-state index is 0.206. The quantitative estimate of drug-likeness (QED) is 0.764. The molecule has 2 nitrogen and oxygen atoms in total. The molecule has 0 atom stereocenters. The van der Waals surface area contributed by atoms with Gasteiger partial charge in [0.25, 0.3) is 0 Å². The molecule has 0 amide bonds. The van der Waals surface area contributed by atoms with Gasteiger partial charge in [0.1, 0.15) is 0 Å². The van der Waals surface area contributed by atoms with E-state index in [0.29, 0.717) is 12.1 Å². The first-order valence-corrected chi connectivity index (χ1v) is 5.50. The Morgan fingerprint density at radius 3 is 2.07 bits per heavy atom. The Labute approximate surface area is 90.5 Å². The van der Waals surface area contributed by atoms with Crippen molar-refractivity contribution in [3.8, 4) is 11.1 Å². The zero-order chi connectivity index (χ0) is 11.2. The third kappa shape index (κ3) is 1.36. The van der Waals surface area contributed by atoms with Crippen molar-refractivity contribution < 1.29 is 0 Å². The predicted octanol–water partition coefficient (Wildman–Crippen LogP) is 2.65. The molecule has 0 unspecified atom stereocenters. The zero-order valence-corrected chi connectivity index (χ0v) is 9.74. The van der Waals surface area contributed by atoms with Crippen molar-refractivity contribution in [3.63, 3.8) is 0 Å². The first kappa shape index (κ1) is 10.2. The summed E-state index contributed by atoms with van der Waals surface area (Å²) in [5, 5.41) is 0. The van der Waals surface area contributed by atoms with E-state index in [1.54, 1.807) is 0 Å². The van der Waals surface area contributed by atoms with Gasteiger partial charge >= 0.3 is 0 Å². The van der Waals surface area contributed by atoms with Gasteiger partial charge in [-0.1, -0.05) is 18.2 Å². The fourth-order valence-corrected chi connectivity index (χ4v) is 2.38. The highest BCUT2D eigenvalue weighted by atomic mass is 16.1. The minimum atomic E-state index is 0.206. The first-order chi connectivity index (χ1) is 7.04. The summed E-state index contributed by atoms with van der Waals surface area (Å²) in [5.74, 6) is 0. The lowest BCUT2D eigenvalue weighted by Crippen LogP contribution is -2.42. The van der Waals surface area contributed by atoms with Crippen LogP contribution in [0, 0.1) is 0 Å². The molecule has 2 aliphatic carbocycles. The van der Waals surface area contributed by atoms with Gasteiger partial charge in [0.05, 0.1) is 5.69 Å². The van der Waals surface area contributed by atoms with E-state index in [4.69, 9.17) is 0 Å². The summed E-state index contributed by atoms with van der Waals surface area (Å²) >= 11 is 0. The van der Waals surface area contributed by atoms with Crippen LogP contribution in [0.25, 0.3) is 11.1 Å². The summed E-state index contributed by atoms with van der Waals surface area (Å²) in [7, 11) is 0. The van der Waals surface area contributed by atoms with Crippen LogP contribution in [-0.4, -0.2) is 12.1 Å². The third-order valence-electron chi connectivity index (χ3n) is 2.90. The first-order valence-electron chi connectivity index (χ1n) is 5.50. The minimum Gasteiger partial charge on any atom is -0.363 e. The molecule has 0 aromatic heterocycles. The molecule has 0 aromatic rings. The molecule has 0 aliphatic heterocycles. The Balaban J connectivity index is 2.49. The van der Waals surface area contributed by atoms with E-state index >= 15 is 0 Å². The molecular formula is C13H17NO. The van der Waals surface area contributed by atoms with E-state index < -0.39 is 0 Å². The lowest BCUT2D eigenvalue weighted by atomic mass is 9.97. The SMILES string of the molecule is CC(C)N(c1c2cccc-2c1=O)C(C)C. The number of hydrogen-bond acceptors (Lipinski definition) is 2. The van der Waals surface area contributed by atoms with Crippen LogP contribution >= 0.6 is 0 Å². The van der Waals surface area contributed by atoms with E-state index in [0.717, 1.165) is 16.8 Å². The topological polar surface area (TPSA) is 20.3 Å². The van der Waals surface area contributed by atoms with Gasteiger partial charge in [0.15, 0.2) is 0 Å². The number of hydrogen-bond donors (Lipinski definition) is 0. The standard InChI is InChI=1S/C13H17NO/c1-8(2)14(9(3)4)12-10-6-5-7-11(10)13(12)15/h5-9H,1-4H3. The zero-order valence-electron chi connectivity index (χ0n) is 9.74. The largest absolute Gasteiger partial charge is 0.363 e. The molecule has 15 heavy (non-hydrogen) atoms. The van der Waals surface area contributed by atoms with E-state index in [9.17, 15) is 4.79 Å². The number of fused-ring (bicyclic) bond motifs is 1. The van der Waals surface area contributed by atoms with Gasteiger partial charge in [-0.05, 0) is 27.7 Å². The normalized spacial score (nSPS) is 12.1. The molecule has 2 rings (SSSR count). The maximum absolute atomic E-state index is 11.9. The molecule has 0 N–H and O–H groups in total. The summed E-state index contributed by atoms with van der Waals surface area (Å²) in [6.45, 7) is 8.50. The number of anilines is 1. The highest BCUT2D eigenvalue weighted by Crippen LogP contribution is 2.36. The molecular weight excluding hydrogens is 186 g/mol. The van der Waals surface area contributed by atoms with Crippen LogP contribution in [0.1, 0.15) is 27.7 Å². The second-order valence-corrected chi connectivity index (χ2v) is 4.63. The molecule has 0 bridgehead atoms. The molecule has 0 fully saturated rings. The van der Waals surface area contributed by atoms with Crippen molar-refractivity contribution in [1.82, 2.24) is 0 Å². The number of rotatable bonds is 3. The molecule has 0 spiro atoms. The van der Waals surface area contributed by atoms with Crippen LogP contribution in [0.2, 0.25) is 0 Å². The van der Waals surface area contributed by atoms with Crippen molar-refractivity contribution in [2.75, 3.05) is 4.90 Å². The second-order valence-electron chi connectivity index (χ2n) is 4.63. The van der Waals surface area contributed by atoms with Gasteiger partial charge in [-0.25, -0.2) is 0 Å². The average Bonchev–Trinajstić information content (AvgIpc) is 2.56. The molecule has 2 aliphatic rings. The maximum Gasteiger partial charge on any atom is 0.210 e. The van der Waals surface area contributed by atoms with Gasteiger partial charge in [-0.3, -0.25) is 4.79 Å².